The minimum Gasteiger partial charge on any atom is -0.200 e. The van der Waals surface area contributed by atoms with Gasteiger partial charge in [-0.3, -0.25) is 0 Å². The average molecular weight is 156 g/mol. The van der Waals surface area contributed by atoms with Crippen LogP contribution < -0.4 is 0 Å². The highest BCUT2D eigenvalue weighted by Gasteiger charge is 2.63. The van der Waals surface area contributed by atoms with Crippen molar-refractivity contribution in [2.45, 2.75) is 31.6 Å². The predicted molar refractivity (Wildman–Crippen MR) is 28.3 cm³/mol. The Morgan fingerprint density at radius 2 is 1.70 bits per heavy atom. The Morgan fingerprint density at radius 1 is 1.20 bits per heavy atom. The maximum Gasteiger partial charge on any atom is 0.312 e. The van der Waals surface area contributed by atoms with E-state index >= 15 is 0 Å². The fourth-order valence-corrected chi connectivity index (χ4v) is 1.11. The third-order valence-electron chi connectivity index (χ3n) is 2.00. The first-order chi connectivity index (χ1) is 4.38. The second-order valence-electron chi connectivity index (χ2n) is 2.77. The van der Waals surface area contributed by atoms with E-state index in [-0.39, 0.29) is 6.42 Å². The molecule has 1 fully saturated rings. The van der Waals surface area contributed by atoms with Crippen LogP contribution in [-0.4, -0.2) is 11.8 Å². The lowest BCUT2D eigenvalue weighted by Crippen LogP contribution is -2.38. The maximum atomic E-state index is 12.4. The van der Waals surface area contributed by atoms with Crippen molar-refractivity contribution in [2.75, 3.05) is 0 Å². The summed E-state index contributed by atoms with van der Waals surface area (Å²) < 4.78 is 49.2. The predicted octanol–water partition coefficient (Wildman–Crippen LogP) is 2.69. The van der Waals surface area contributed by atoms with Crippen molar-refractivity contribution in [1.82, 2.24) is 0 Å². The molecule has 0 aromatic carbocycles. The van der Waals surface area contributed by atoms with E-state index in [1.54, 1.807) is 0 Å². The van der Waals surface area contributed by atoms with Gasteiger partial charge in [0.2, 0.25) is 0 Å². The number of rotatable bonds is 0. The summed E-state index contributed by atoms with van der Waals surface area (Å²) in [7, 11) is 0. The Hall–Kier alpha value is -0.280. The number of hydrogen-bond donors (Lipinski definition) is 0. The van der Waals surface area contributed by atoms with Gasteiger partial charge < -0.3 is 0 Å². The second-order valence-corrected chi connectivity index (χ2v) is 2.77. The summed E-state index contributed by atoms with van der Waals surface area (Å²) in [6.45, 7) is 1.15. The van der Waals surface area contributed by atoms with E-state index in [0.29, 0.717) is 0 Å². The van der Waals surface area contributed by atoms with Gasteiger partial charge >= 0.3 is 11.8 Å². The minimum absolute atomic E-state index is 0.0833. The van der Waals surface area contributed by atoms with Crippen LogP contribution in [0.15, 0.2) is 0 Å². The highest BCUT2D eigenvalue weighted by atomic mass is 19.3. The van der Waals surface area contributed by atoms with Gasteiger partial charge in [0.25, 0.3) is 0 Å². The van der Waals surface area contributed by atoms with Gasteiger partial charge in [-0.2, -0.15) is 17.6 Å². The quantitative estimate of drug-likeness (QED) is 0.473. The molecule has 1 atom stereocenters. The highest BCUT2D eigenvalue weighted by molar-refractivity contribution is 4.95. The molecule has 1 rings (SSSR count). The molecule has 0 unspecified atom stereocenters. The zero-order valence-electron chi connectivity index (χ0n) is 5.50. The van der Waals surface area contributed by atoms with Gasteiger partial charge in [0.15, 0.2) is 0 Å². The normalized spacial score (nSPS) is 36.3. The lowest BCUT2D eigenvalue weighted by atomic mass is 10.1. The number of alkyl halides is 4. The molecule has 10 heavy (non-hydrogen) atoms. The molecule has 0 amide bonds. The molecule has 0 aliphatic heterocycles. The first-order valence-electron chi connectivity index (χ1n) is 3.13. The Bertz CT molecular complexity index is 141. The fourth-order valence-electron chi connectivity index (χ4n) is 1.11. The van der Waals surface area contributed by atoms with Crippen LogP contribution in [0.25, 0.3) is 0 Å². The van der Waals surface area contributed by atoms with Crippen LogP contribution in [0.5, 0.6) is 0 Å². The van der Waals surface area contributed by atoms with Crippen LogP contribution in [0.2, 0.25) is 0 Å². The Morgan fingerprint density at radius 3 is 1.80 bits per heavy atom. The molecule has 0 heterocycles. The van der Waals surface area contributed by atoms with E-state index in [2.05, 4.69) is 0 Å². The second kappa shape index (κ2) is 1.86. The molecule has 0 N–H and O–H groups in total. The van der Waals surface area contributed by atoms with Crippen molar-refractivity contribution in [3.05, 3.63) is 0 Å². The van der Waals surface area contributed by atoms with Crippen LogP contribution in [0.1, 0.15) is 19.8 Å². The minimum atomic E-state index is -3.78. The van der Waals surface area contributed by atoms with Gasteiger partial charge in [-0.05, 0) is 6.42 Å². The lowest BCUT2D eigenvalue weighted by Gasteiger charge is -2.21. The number of hydrogen-bond acceptors (Lipinski definition) is 0. The molecular weight excluding hydrogens is 148 g/mol. The van der Waals surface area contributed by atoms with Gasteiger partial charge in [0.05, 0.1) is 0 Å². The van der Waals surface area contributed by atoms with Gasteiger partial charge in [-0.1, -0.05) is 6.92 Å². The monoisotopic (exact) mass is 156 g/mol. The molecule has 0 bridgehead atoms. The zero-order chi connectivity index (χ0) is 7.99. The van der Waals surface area contributed by atoms with E-state index in [9.17, 15) is 17.6 Å². The van der Waals surface area contributed by atoms with Crippen molar-refractivity contribution in [3.63, 3.8) is 0 Å². The molecule has 4 heteroatoms. The lowest BCUT2D eigenvalue weighted by molar-refractivity contribution is -0.202. The Balaban J connectivity index is 2.84. The third kappa shape index (κ3) is 0.812. The molecule has 1 aliphatic carbocycles. The third-order valence-corrected chi connectivity index (χ3v) is 2.00. The van der Waals surface area contributed by atoms with E-state index in [1.165, 1.54) is 0 Å². The van der Waals surface area contributed by atoms with Crippen molar-refractivity contribution in [3.8, 4) is 0 Å². The molecule has 0 radical (unpaired) electrons. The van der Waals surface area contributed by atoms with Gasteiger partial charge in [-0.25, -0.2) is 0 Å². The fraction of sp³-hybridized carbons (Fsp3) is 1.00. The van der Waals surface area contributed by atoms with Crippen LogP contribution in [-0.2, 0) is 0 Å². The zero-order valence-corrected chi connectivity index (χ0v) is 5.50. The summed E-state index contributed by atoms with van der Waals surface area (Å²) in [5.41, 5.74) is 0. The molecule has 0 aromatic heterocycles. The summed E-state index contributed by atoms with van der Waals surface area (Å²) in [5, 5.41) is 0. The summed E-state index contributed by atoms with van der Waals surface area (Å²) >= 11 is 0. The average Bonchev–Trinajstić information content (AvgIpc) is 1.94. The molecule has 1 aliphatic rings. The molecule has 0 nitrogen and oxygen atoms in total. The molecular formula is C6H8F4. The van der Waals surface area contributed by atoms with Crippen LogP contribution in [0.3, 0.4) is 0 Å². The van der Waals surface area contributed by atoms with E-state index in [0.717, 1.165) is 6.92 Å². The maximum absolute atomic E-state index is 12.4. The SMILES string of the molecule is C[C@H]1CCC(F)(F)C1(F)F. The van der Waals surface area contributed by atoms with Gasteiger partial charge in [-0.15, -0.1) is 0 Å². The van der Waals surface area contributed by atoms with Crippen LogP contribution in [0.4, 0.5) is 17.6 Å². The first-order valence-corrected chi connectivity index (χ1v) is 3.13. The highest BCUT2D eigenvalue weighted by Crippen LogP contribution is 2.50. The van der Waals surface area contributed by atoms with E-state index in [1.807, 2.05) is 0 Å². The van der Waals surface area contributed by atoms with Crippen molar-refractivity contribution in [2.24, 2.45) is 5.92 Å². The van der Waals surface area contributed by atoms with Crippen molar-refractivity contribution < 1.29 is 17.6 Å². The molecule has 1 saturated carbocycles. The largest absolute Gasteiger partial charge is 0.312 e. The van der Waals surface area contributed by atoms with Gasteiger partial charge in [0, 0.05) is 12.3 Å². The molecule has 0 spiro atoms. The smallest absolute Gasteiger partial charge is 0.200 e. The summed E-state index contributed by atoms with van der Waals surface area (Å²) in [5.74, 6) is -8.73. The standard InChI is InChI=1S/C6H8F4/c1-4-2-3-5(7,8)6(4,9)10/h4H,2-3H2,1H3/t4-/m0/s1. The van der Waals surface area contributed by atoms with Crippen LogP contribution in [0, 0.1) is 5.92 Å². The van der Waals surface area contributed by atoms with Gasteiger partial charge in [0.1, 0.15) is 0 Å². The molecule has 60 valence electrons. The molecule has 0 saturated heterocycles. The Kier molecular flexibility index (Phi) is 1.45. The topological polar surface area (TPSA) is 0 Å². The summed E-state index contributed by atoms with van der Waals surface area (Å²) in [4.78, 5) is 0. The number of halogens is 4. The summed E-state index contributed by atoms with van der Waals surface area (Å²) in [6.07, 6.45) is -0.763. The van der Waals surface area contributed by atoms with Crippen LogP contribution >= 0.6 is 0 Å². The Labute approximate surface area is 56.2 Å². The van der Waals surface area contributed by atoms with E-state index < -0.39 is 24.2 Å². The van der Waals surface area contributed by atoms with Crippen molar-refractivity contribution in [1.29, 1.82) is 0 Å². The molecule has 0 aromatic rings. The van der Waals surface area contributed by atoms with E-state index in [4.69, 9.17) is 0 Å². The first kappa shape index (κ1) is 7.82. The van der Waals surface area contributed by atoms with Crippen molar-refractivity contribution >= 4 is 0 Å². The summed E-state index contributed by atoms with van der Waals surface area (Å²) in [6, 6.07) is 0.